The average molecular weight is 463 g/mol. The molecule has 34 heavy (non-hydrogen) atoms. The molecule has 0 bridgehead atoms. The summed E-state index contributed by atoms with van der Waals surface area (Å²) in [5, 5.41) is 12.7. The molecule has 1 spiro atoms. The standard InChI is InChI=1S/C27H34N4O3/c1-19(32)29-22-5-2-4-20(16-22)21-6-11-25(28-17-21)30-14-3-12-27(18-30)13-15-31(26(27)34)23-7-9-24(33)10-8-23/h2,4-6,11,16-17,23-24,33H,3,7-10,12-15,18H2,1H3,(H,29,32). The predicted molar refractivity (Wildman–Crippen MR) is 132 cm³/mol. The first-order valence-corrected chi connectivity index (χ1v) is 12.5. The minimum atomic E-state index is -0.304. The Bertz CT molecular complexity index is 1050. The Balaban J connectivity index is 1.28. The van der Waals surface area contributed by atoms with Crippen LogP contribution in [0, 0.1) is 5.41 Å². The van der Waals surface area contributed by atoms with E-state index in [0.717, 1.165) is 87.2 Å². The summed E-state index contributed by atoms with van der Waals surface area (Å²) in [5.74, 6) is 1.13. The lowest BCUT2D eigenvalue weighted by Gasteiger charge is -2.41. The number of carbonyl (C=O) groups excluding carboxylic acids is 2. The predicted octanol–water partition coefficient (Wildman–Crippen LogP) is 3.83. The maximum absolute atomic E-state index is 13.6. The molecule has 2 amide bonds. The summed E-state index contributed by atoms with van der Waals surface area (Å²) in [6.07, 6.45) is 7.96. The van der Waals surface area contributed by atoms with Gasteiger partial charge < -0.3 is 20.2 Å². The molecule has 5 rings (SSSR count). The monoisotopic (exact) mass is 462 g/mol. The lowest BCUT2D eigenvalue weighted by atomic mass is 9.78. The Morgan fingerprint density at radius 2 is 1.91 bits per heavy atom. The third kappa shape index (κ3) is 4.53. The van der Waals surface area contributed by atoms with Gasteiger partial charge in [-0.1, -0.05) is 12.1 Å². The van der Waals surface area contributed by atoms with Gasteiger partial charge in [-0.15, -0.1) is 0 Å². The Labute approximate surface area is 201 Å². The largest absolute Gasteiger partial charge is 0.393 e. The van der Waals surface area contributed by atoms with Crippen LogP contribution in [0.1, 0.15) is 51.9 Å². The van der Waals surface area contributed by atoms with Gasteiger partial charge >= 0.3 is 0 Å². The van der Waals surface area contributed by atoms with Gasteiger partial charge in [-0.3, -0.25) is 9.59 Å². The van der Waals surface area contributed by atoms with Gasteiger partial charge in [-0.25, -0.2) is 4.98 Å². The Kier molecular flexibility index (Phi) is 6.30. The minimum Gasteiger partial charge on any atom is -0.393 e. The zero-order valence-corrected chi connectivity index (χ0v) is 19.9. The topological polar surface area (TPSA) is 85.8 Å². The molecule has 1 aliphatic carbocycles. The number of aliphatic hydroxyl groups excluding tert-OH is 1. The number of carbonyl (C=O) groups is 2. The molecule has 180 valence electrons. The fourth-order valence-corrected chi connectivity index (χ4v) is 6.00. The number of hydrogen-bond donors (Lipinski definition) is 2. The van der Waals surface area contributed by atoms with Gasteiger partial charge in [0.15, 0.2) is 0 Å². The second kappa shape index (κ2) is 9.37. The van der Waals surface area contributed by atoms with Crippen LogP contribution in [-0.2, 0) is 9.59 Å². The van der Waals surface area contributed by atoms with E-state index in [1.165, 1.54) is 6.92 Å². The van der Waals surface area contributed by atoms with Crippen molar-refractivity contribution in [2.45, 2.75) is 64.0 Å². The third-order valence-electron chi connectivity index (χ3n) is 7.82. The van der Waals surface area contributed by atoms with Crippen molar-refractivity contribution in [2.75, 3.05) is 29.9 Å². The van der Waals surface area contributed by atoms with Crippen LogP contribution in [0.4, 0.5) is 11.5 Å². The molecule has 3 heterocycles. The van der Waals surface area contributed by atoms with Crippen LogP contribution in [0.3, 0.4) is 0 Å². The van der Waals surface area contributed by atoms with Crippen LogP contribution in [0.15, 0.2) is 42.6 Å². The van der Waals surface area contributed by atoms with Crippen molar-refractivity contribution < 1.29 is 14.7 Å². The molecule has 2 aromatic rings. The second-order valence-electron chi connectivity index (χ2n) is 10.2. The van der Waals surface area contributed by atoms with E-state index in [0.29, 0.717) is 5.91 Å². The summed E-state index contributed by atoms with van der Waals surface area (Å²) < 4.78 is 0. The normalized spacial score (nSPS) is 27.3. The smallest absolute Gasteiger partial charge is 0.230 e. The summed E-state index contributed by atoms with van der Waals surface area (Å²) in [7, 11) is 0. The van der Waals surface area contributed by atoms with Crippen molar-refractivity contribution in [3.63, 3.8) is 0 Å². The number of piperidine rings is 1. The van der Waals surface area contributed by atoms with E-state index >= 15 is 0 Å². The number of anilines is 2. The molecule has 1 saturated carbocycles. The van der Waals surface area contributed by atoms with Gasteiger partial charge in [-0.2, -0.15) is 0 Å². The van der Waals surface area contributed by atoms with Crippen LogP contribution in [0.25, 0.3) is 11.1 Å². The molecule has 1 aromatic carbocycles. The fourth-order valence-electron chi connectivity index (χ4n) is 6.00. The van der Waals surface area contributed by atoms with Gasteiger partial charge in [-0.05, 0) is 74.8 Å². The van der Waals surface area contributed by atoms with E-state index in [2.05, 4.69) is 21.2 Å². The molecule has 2 saturated heterocycles. The van der Waals surface area contributed by atoms with Gasteiger partial charge in [0.2, 0.25) is 11.8 Å². The highest BCUT2D eigenvalue weighted by molar-refractivity contribution is 5.89. The number of hydrogen-bond acceptors (Lipinski definition) is 5. The lowest BCUT2D eigenvalue weighted by Crippen LogP contribution is -2.50. The summed E-state index contributed by atoms with van der Waals surface area (Å²) in [6, 6.07) is 12.1. The highest BCUT2D eigenvalue weighted by atomic mass is 16.3. The number of aromatic nitrogens is 1. The van der Waals surface area contributed by atoms with Gasteiger partial charge in [0.05, 0.1) is 11.5 Å². The molecule has 0 radical (unpaired) electrons. The first kappa shape index (κ1) is 22.8. The van der Waals surface area contributed by atoms with Crippen molar-refractivity contribution >= 4 is 23.3 Å². The highest BCUT2D eigenvalue weighted by Crippen LogP contribution is 2.43. The molecule has 1 atom stereocenters. The van der Waals surface area contributed by atoms with E-state index in [4.69, 9.17) is 4.98 Å². The fraction of sp³-hybridized carbons (Fsp3) is 0.519. The number of likely N-dealkylation sites (tertiary alicyclic amines) is 1. The van der Waals surface area contributed by atoms with Crippen LogP contribution in [0.5, 0.6) is 0 Å². The van der Waals surface area contributed by atoms with Crippen LogP contribution in [0.2, 0.25) is 0 Å². The Hall–Kier alpha value is -2.93. The SMILES string of the molecule is CC(=O)Nc1cccc(-c2ccc(N3CCCC4(CCN(C5CCC(O)CC5)C4=O)C3)nc2)c1. The molecular formula is C27H34N4O3. The maximum atomic E-state index is 13.6. The van der Waals surface area contributed by atoms with E-state index in [-0.39, 0.29) is 23.5 Å². The van der Waals surface area contributed by atoms with Gasteiger partial charge in [0.1, 0.15) is 5.82 Å². The molecule has 2 N–H and O–H groups in total. The van der Waals surface area contributed by atoms with Crippen molar-refractivity contribution in [3.05, 3.63) is 42.6 Å². The zero-order chi connectivity index (χ0) is 23.7. The number of nitrogens with one attached hydrogen (secondary N) is 1. The second-order valence-corrected chi connectivity index (χ2v) is 10.2. The summed E-state index contributed by atoms with van der Waals surface area (Å²) in [5.41, 5.74) is 2.45. The van der Waals surface area contributed by atoms with Gasteiger partial charge in [0, 0.05) is 50.0 Å². The van der Waals surface area contributed by atoms with E-state index in [1.54, 1.807) is 0 Å². The first-order valence-electron chi connectivity index (χ1n) is 12.5. The number of nitrogens with zero attached hydrogens (tertiary/aromatic N) is 3. The summed E-state index contributed by atoms with van der Waals surface area (Å²) >= 11 is 0. The quantitative estimate of drug-likeness (QED) is 0.721. The molecule has 3 fully saturated rings. The molecule has 1 unspecified atom stereocenters. The van der Waals surface area contributed by atoms with E-state index in [9.17, 15) is 14.7 Å². The lowest BCUT2D eigenvalue weighted by molar-refractivity contribution is -0.139. The molecule has 2 aliphatic heterocycles. The molecule has 7 heteroatoms. The highest BCUT2D eigenvalue weighted by Gasteiger charge is 2.50. The van der Waals surface area contributed by atoms with Crippen molar-refractivity contribution in [1.82, 2.24) is 9.88 Å². The van der Waals surface area contributed by atoms with Crippen LogP contribution < -0.4 is 10.2 Å². The number of benzene rings is 1. The molecule has 1 aromatic heterocycles. The summed E-state index contributed by atoms with van der Waals surface area (Å²) in [4.78, 5) is 34.1. The van der Waals surface area contributed by atoms with Crippen LogP contribution in [-0.4, -0.2) is 58.6 Å². The number of pyridine rings is 1. The first-order chi connectivity index (χ1) is 16.4. The Morgan fingerprint density at radius 1 is 1.09 bits per heavy atom. The number of rotatable bonds is 4. The number of aliphatic hydroxyl groups is 1. The van der Waals surface area contributed by atoms with Crippen molar-refractivity contribution in [1.29, 1.82) is 0 Å². The zero-order valence-electron chi connectivity index (χ0n) is 19.9. The average Bonchev–Trinajstić information content (AvgIpc) is 3.14. The van der Waals surface area contributed by atoms with Crippen molar-refractivity contribution in [2.24, 2.45) is 5.41 Å². The minimum absolute atomic E-state index is 0.0919. The van der Waals surface area contributed by atoms with Crippen LogP contribution >= 0.6 is 0 Å². The molecule has 7 nitrogen and oxygen atoms in total. The van der Waals surface area contributed by atoms with Crippen molar-refractivity contribution in [3.8, 4) is 11.1 Å². The Morgan fingerprint density at radius 3 is 2.65 bits per heavy atom. The number of amides is 2. The molecule has 3 aliphatic rings. The van der Waals surface area contributed by atoms with E-state index < -0.39 is 0 Å². The van der Waals surface area contributed by atoms with E-state index in [1.807, 2.05) is 36.5 Å². The van der Waals surface area contributed by atoms with Gasteiger partial charge in [0.25, 0.3) is 0 Å². The maximum Gasteiger partial charge on any atom is 0.230 e. The molecular weight excluding hydrogens is 428 g/mol. The summed E-state index contributed by atoms with van der Waals surface area (Å²) in [6.45, 7) is 3.98. The third-order valence-corrected chi connectivity index (χ3v) is 7.82.